The number of carbonyl (C=O) groups is 1. The maximum Gasteiger partial charge on any atom is 0.315 e. The Kier molecular flexibility index (Phi) is 9.70. The van der Waals surface area contributed by atoms with Gasteiger partial charge >= 0.3 is 5.97 Å². The first-order valence-corrected chi connectivity index (χ1v) is 18.4. The molecular weight excluding hydrogens is 520 g/mol. The topological polar surface area (TPSA) is 99.1 Å². The molecule has 38 heavy (non-hydrogen) atoms. The van der Waals surface area contributed by atoms with Crippen molar-refractivity contribution in [2.24, 2.45) is 29.1 Å². The molecule has 9 heteroatoms. The van der Waals surface area contributed by atoms with E-state index in [2.05, 4.69) is 25.6 Å². The summed E-state index contributed by atoms with van der Waals surface area (Å²) in [6.07, 6.45) is 8.02. The average Bonchev–Trinajstić information content (AvgIpc) is 2.83. The molecule has 0 unspecified atom stereocenters. The van der Waals surface area contributed by atoms with Crippen LogP contribution < -0.4 is 0 Å². The molecule has 0 amide bonds. The lowest BCUT2D eigenvalue weighted by Gasteiger charge is -2.51. The van der Waals surface area contributed by atoms with Gasteiger partial charge in [-0.3, -0.25) is 8.98 Å². The van der Waals surface area contributed by atoms with Crippen molar-refractivity contribution < 1.29 is 32.0 Å². The molecule has 0 aromatic heterocycles. The number of hydrogen-bond donors (Lipinski definition) is 1. The zero-order valence-corrected chi connectivity index (χ0v) is 25.2. The third-order valence-electron chi connectivity index (χ3n) is 8.09. The Labute approximate surface area is 229 Å². The Bertz CT molecular complexity index is 1160. The average molecular weight is 563 g/mol. The van der Waals surface area contributed by atoms with E-state index >= 15 is 0 Å². The van der Waals surface area contributed by atoms with Crippen LogP contribution in [0.3, 0.4) is 0 Å². The molecule has 2 aliphatic rings. The first-order chi connectivity index (χ1) is 17.7. The fourth-order valence-corrected chi connectivity index (χ4v) is 7.42. The number of aliphatic hydroxyl groups is 1. The predicted molar refractivity (Wildman–Crippen MR) is 149 cm³/mol. The second-order valence-corrected chi connectivity index (χ2v) is 19.4. The Balaban J connectivity index is 1.71. The minimum atomic E-state index is -3.95. The highest BCUT2D eigenvalue weighted by Crippen LogP contribution is 2.54. The highest BCUT2D eigenvalue weighted by atomic mass is 32.2. The second-order valence-electron chi connectivity index (χ2n) is 12.1. The van der Waals surface area contributed by atoms with E-state index in [1.807, 2.05) is 26.8 Å². The number of hydrogen-bond acceptors (Lipinski definition) is 7. The maximum absolute atomic E-state index is 13.5. The van der Waals surface area contributed by atoms with Crippen LogP contribution in [0.4, 0.5) is 0 Å². The summed E-state index contributed by atoms with van der Waals surface area (Å²) in [4.78, 5) is 13.6. The van der Waals surface area contributed by atoms with Gasteiger partial charge < -0.3 is 14.6 Å². The van der Waals surface area contributed by atoms with Gasteiger partial charge in [-0.25, -0.2) is 0 Å². The molecular formula is C29H42O7SSi. The molecule has 1 N–H and O–H groups in total. The van der Waals surface area contributed by atoms with Gasteiger partial charge in [0.15, 0.2) is 6.79 Å². The van der Waals surface area contributed by atoms with Crippen LogP contribution in [0.2, 0.25) is 25.7 Å². The highest BCUT2D eigenvalue weighted by molar-refractivity contribution is 7.86. The summed E-state index contributed by atoms with van der Waals surface area (Å²) >= 11 is 0. The maximum atomic E-state index is 13.5. The van der Waals surface area contributed by atoms with Crippen molar-refractivity contribution in [2.75, 3.05) is 20.0 Å². The van der Waals surface area contributed by atoms with Crippen LogP contribution in [0.25, 0.3) is 0 Å². The van der Waals surface area contributed by atoms with E-state index in [9.17, 15) is 18.3 Å². The lowest BCUT2D eigenvalue weighted by Crippen LogP contribution is -2.54. The van der Waals surface area contributed by atoms with Crippen LogP contribution >= 0.6 is 0 Å². The molecule has 0 bridgehead atoms. The number of terminal acetylenes is 1. The molecule has 0 aliphatic heterocycles. The van der Waals surface area contributed by atoms with E-state index < -0.39 is 47.5 Å². The SMILES string of the molecule is C#C[C@H]1C(C)=C[C@H]2[C@H](O)[C@@H](COS(=O)(=O)c3ccc(C)cc3)CC[C@@H]2[C@@]1(C)C(=O)OCOCC[Si](C)(C)C. The smallest absolute Gasteiger partial charge is 0.315 e. The van der Waals surface area contributed by atoms with Gasteiger partial charge in [0.1, 0.15) is 0 Å². The number of esters is 1. The van der Waals surface area contributed by atoms with Crippen LogP contribution in [0.1, 0.15) is 32.3 Å². The number of fused-ring (bicyclic) bond motifs is 1. The minimum Gasteiger partial charge on any atom is -0.438 e. The number of aliphatic hydroxyl groups excluding tert-OH is 1. The number of carbonyl (C=O) groups excluding carboxylic acids is 1. The largest absolute Gasteiger partial charge is 0.438 e. The van der Waals surface area contributed by atoms with Crippen LogP contribution in [-0.2, 0) is 28.6 Å². The van der Waals surface area contributed by atoms with Crippen molar-refractivity contribution in [3.05, 3.63) is 41.5 Å². The zero-order chi connectivity index (χ0) is 28.3. The first-order valence-electron chi connectivity index (χ1n) is 13.2. The van der Waals surface area contributed by atoms with Gasteiger partial charge in [0.05, 0.1) is 28.9 Å². The second kappa shape index (κ2) is 12.1. The van der Waals surface area contributed by atoms with Gasteiger partial charge in [-0.1, -0.05) is 54.9 Å². The molecule has 3 rings (SSSR count). The van der Waals surface area contributed by atoms with Gasteiger partial charge in [0, 0.05) is 26.5 Å². The summed E-state index contributed by atoms with van der Waals surface area (Å²) in [6, 6.07) is 7.42. The van der Waals surface area contributed by atoms with Gasteiger partial charge in [-0.05, 0) is 57.7 Å². The van der Waals surface area contributed by atoms with Gasteiger partial charge in [0.25, 0.3) is 10.1 Å². The van der Waals surface area contributed by atoms with Gasteiger partial charge in [-0.2, -0.15) is 8.42 Å². The van der Waals surface area contributed by atoms with E-state index in [1.165, 1.54) is 12.1 Å². The monoisotopic (exact) mass is 562 g/mol. The van der Waals surface area contributed by atoms with Crippen molar-refractivity contribution in [1.82, 2.24) is 0 Å². The van der Waals surface area contributed by atoms with E-state index in [0.717, 1.165) is 17.2 Å². The zero-order valence-electron chi connectivity index (χ0n) is 23.4. The van der Waals surface area contributed by atoms with E-state index in [4.69, 9.17) is 20.1 Å². The van der Waals surface area contributed by atoms with Crippen molar-refractivity contribution >= 4 is 24.2 Å². The molecule has 0 radical (unpaired) electrons. The molecule has 0 saturated heterocycles. The normalized spacial score (nSPS) is 29.6. The highest BCUT2D eigenvalue weighted by Gasteiger charge is 2.57. The lowest BCUT2D eigenvalue weighted by atomic mass is 9.53. The minimum absolute atomic E-state index is 0.0823. The Morgan fingerprint density at radius 2 is 1.84 bits per heavy atom. The molecule has 7 nitrogen and oxygen atoms in total. The molecule has 1 aromatic rings. The predicted octanol–water partition coefficient (Wildman–Crippen LogP) is 4.77. The van der Waals surface area contributed by atoms with Crippen molar-refractivity contribution in [3.8, 4) is 12.3 Å². The fraction of sp³-hybridized carbons (Fsp3) is 0.621. The standard InChI is InChI=1S/C29H42O7SSi/c1-8-25-21(3)17-24-26(29(25,4)28(31)35-19-34-15-16-38(5,6)7)14-11-22(27(24)30)18-36-37(32,33)23-12-9-20(2)10-13-23/h1,9-10,12-13,17,22,24-27,30H,11,14-16,18-19H2,2-7H3/t22-,24-,25+,26+,27-,29+/m1/s1. The van der Waals surface area contributed by atoms with Gasteiger partial charge in [0.2, 0.25) is 0 Å². The van der Waals surface area contributed by atoms with Gasteiger partial charge in [-0.15, -0.1) is 6.42 Å². The van der Waals surface area contributed by atoms with E-state index in [-0.39, 0.29) is 30.1 Å². The molecule has 2 aliphatic carbocycles. The number of aryl methyl sites for hydroxylation is 1. The third kappa shape index (κ3) is 6.78. The summed E-state index contributed by atoms with van der Waals surface area (Å²) in [6.45, 7) is 12.6. The summed E-state index contributed by atoms with van der Waals surface area (Å²) in [7, 11) is -5.21. The Morgan fingerprint density at radius 1 is 1.18 bits per heavy atom. The first kappa shape index (κ1) is 30.6. The molecule has 0 spiro atoms. The number of rotatable bonds is 10. The molecule has 1 saturated carbocycles. The van der Waals surface area contributed by atoms with Crippen molar-refractivity contribution in [1.29, 1.82) is 0 Å². The molecule has 0 heterocycles. The summed E-state index contributed by atoms with van der Waals surface area (Å²) in [5, 5.41) is 11.3. The number of ether oxygens (including phenoxy) is 2. The molecule has 6 atom stereocenters. The van der Waals surface area contributed by atoms with E-state index in [0.29, 0.717) is 19.4 Å². The molecule has 1 fully saturated rings. The summed E-state index contributed by atoms with van der Waals surface area (Å²) in [5.74, 6) is 0.828. The molecule has 210 valence electrons. The Morgan fingerprint density at radius 3 is 2.45 bits per heavy atom. The fourth-order valence-electron chi connectivity index (χ4n) is 5.70. The van der Waals surface area contributed by atoms with E-state index in [1.54, 1.807) is 12.1 Å². The van der Waals surface area contributed by atoms with Crippen molar-refractivity contribution in [2.45, 2.75) is 70.3 Å². The van der Waals surface area contributed by atoms with Crippen LogP contribution in [-0.4, -0.2) is 53.7 Å². The number of benzene rings is 1. The quantitative estimate of drug-likeness (QED) is 0.0834. The van der Waals surface area contributed by atoms with Crippen LogP contribution in [0.15, 0.2) is 40.8 Å². The third-order valence-corrected chi connectivity index (χ3v) is 11.1. The molecule has 1 aromatic carbocycles. The lowest BCUT2D eigenvalue weighted by molar-refractivity contribution is -0.178. The van der Waals surface area contributed by atoms with Crippen molar-refractivity contribution in [3.63, 3.8) is 0 Å². The summed E-state index contributed by atoms with van der Waals surface area (Å²) < 4.78 is 41.9. The van der Waals surface area contributed by atoms with Crippen LogP contribution in [0.5, 0.6) is 0 Å². The number of allylic oxidation sites excluding steroid dienone is 1. The van der Waals surface area contributed by atoms with Crippen LogP contribution in [0, 0.1) is 48.4 Å². The Hall–Kier alpha value is -1.96. The summed E-state index contributed by atoms with van der Waals surface area (Å²) in [5.41, 5.74) is 0.726.